The van der Waals surface area contributed by atoms with Gasteiger partial charge in [-0.05, 0) is 35.3 Å². The first-order chi connectivity index (χ1) is 12.1. The number of nitrogens with two attached hydrogens (primary N) is 1. The number of carbonyl (C=O) groups excluding carboxylic acids is 2. The first-order valence-electron chi connectivity index (χ1n) is 9.54. The van der Waals surface area contributed by atoms with E-state index in [9.17, 15) is 9.59 Å². The van der Waals surface area contributed by atoms with E-state index in [0.717, 1.165) is 24.9 Å². The molecule has 1 aliphatic rings. The molecule has 1 unspecified atom stereocenters. The topological polar surface area (TPSA) is 75.4 Å². The van der Waals surface area contributed by atoms with Crippen molar-refractivity contribution in [2.45, 2.75) is 65.0 Å². The molecular weight excluding hydrogens is 362 g/mol. The molecule has 0 saturated carbocycles. The van der Waals surface area contributed by atoms with E-state index in [2.05, 4.69) is 50.4 Å². The van der Waals surface area contributed by atoms with Gasteiger partial charge in [-0.3, -0.25) is 9.59 Å². The molecule has 2 amide bonds. The molecule has 0 aromatic heterocycles. The Morgan fingerprint density at radius 3 is 2.33 bits per heavy atom. The van der Waals surface area contributed by atoms with Crippen LogP contribution < -0.4 is 11.1 Å². The zero-order valence-corrected chi connectivity index (χ0v) is 17.9. The summed E-state index contributed by atoms with van der Waals surface area (Å²) >= 11 is 0. The Bertz CT molecular complexity index is 638. The predicted octanol–water partition coefficient (Wildman–Crippen LogP) is 3.17. The van der Waals surface area contributed by atoms with Crippen LogP contribution in [0.4, 0.5) is 0 Å². The average molecular weight is 396 g/mol. The highest BCUT2D eigenvalue weighted by Gasteiger charge is 2.30. The van der Waals surface area contributed by atoms with Gasteiger partial charge >= 0.3 is 0 Å². The number of halogens is 1. The van der Waals surface area contributed by atoms with Crippen LogP contribution >= 0.6 is 12.4 Å². The Hall–Kier alpha value is -1.59. The van der Waals surface area contributed by atoms with Crippen molar-refractivity contribution in [3.63, 3.8) is 0 Å². The number of benzene rings is 1. The summed E-state index contributed by atoms with van der Waals surface area (Å²) in [6.07, 6.45) is 1.94. The van der Waals surface area contributed by atoms with E-state index in [1.54, 1.807) is 0 Å². The lowest BCUT2D eigenvalue weighted by Gasteiger charge is -2.27. The number of hydrogen-bond donors (Lipinski definition) is 2. The summed E-state index contributed by atoms with van der Waals surface area (Å²) < 4.78 is 0. The third-order valence-corrected chi connectivity index (χ3v) is 5.17. The van der Waals surface area contributed by atoms with Crippen molar-refractivity contribution in [2.75, 3.05) is 13.1 Å². The van der Waals surface area contributed by atoms with Crippen LogP contribution in [0.15, 0.2) is 24.3 Å². The summed E-state index contributed by atoms with van der Waals surface area (Å²) in [5.74, 6) is -0.263. The number of amides is 2. The number of hydrogen-bond acceptors (Lipinski definition) is 3. The standard InChI is InChI=1S/C21H33N3O2.ClH/c1-14(2)19(22)20(26)23-13-18(25)24-12-6-7-17(24)15-8-10-16(11-9-15)21(3,4)5;/h8-11,14,17,19H,6-7,12-13,22H2,1-5H3,(H,23,26);1H/t17?,19-;/m0./s1. The van der Waals surface area contributed by atoms with Gasteiger partial charge in [0.2, 0.25) is 11.8 Å². The molecule has 1 aromatic carbocycles. The van der Waals surface area contributed by atoms with Crippen LogP contribution in [0.1, 0.15) is 64.6 Å². The maximum Gasteiger partial charge on any atom is 0.242 e. The van der Waals surface area contributed by atoms with E-state index in [1.165, 1.54) is 5.56 Å². The number of carbonyl (C=O) groups is 2. The van der Waals surface area contributed by atoms with Crippen LogP contribution in [0.5, 0.6) is 0 Å². The number of nitrogens with one attached hydrogen (secondary N) is 1. The predicted molar refractivity (Wildman–Crippen MR) is 112 cm³/mol. The van der Waals surface area contributed by atoms with Gasteiger partial charge in [0, 0.05) is 6.54 Å². The first-order valence-corrected chi connectivity index (χ1v) is 9.54. The second-order valence-electron chi connectivity index (χ2n) is 8.60. The van der Waals surface area contributed by atoms with Crippen molar-refractivity contribution in [3.8, 4) is 0 Å². The lowest BCUT2D eigenvalue weighted by molar-refractivity contribution is -0.134. The Morgan fingerprint density at radius 1 is 1.22 bits per heavy atom. The van der Waals surface area contributed by atoms with Gasteiger partial charge in [0.15, 0.2) is 0 Å². The van der Waals surface area contributed by atoms with E-state index in [1.807, 2.05) is 18.7 Å². The van der Waals surface area contributed by atoms with Gasteiger partial charge in [-0.1, -0.05) is 58.9 Å². The van der Waals surface area contributed by atoms with Crippen molar-refractivity contribution in [3.05, 3.63) is 35.4 Å². The molecule has 0 bridgehead atoms. The minimum absolute atomic E-state index is 0. The molecule has 1 aromatic rings. The van der Waals surface area contributed by atoms with Crippen molar-refractivity contribution in [1.29, 1.82) is 0 Å². The average Bonchev–Trinajstić information content (AvgIpc) is 3.07. The molecular formula is C21H34ClN3O2. The monoisotopic (exact) mass is 395 g/mol. The molecule has 2 atom stereocenters. The molecule has 0 aliphatic carbocycles. The summed E-state index contributed by atoms with van der Waals surface area (Å²) in [6.45, 7) is 11.1. The highest BCUT2D eigenvalue weighted by molar-refractivity contribution is 5.87. The lowest BCUT2D eigenvalue weighted by atomic mass is 9.86. The van der Waals surface area contributed by atoms with Crippen molar-refractivity contribution in [1.82, 2.24) is 10.2 Å². The third kappa shape index (κ3) is 5.94. The lowest BCUT2D eigenvalue weighted by Crippen LogP contribution is -2.47. The molecule has 6 heteroatoms. The summed E-state index contributed by atoms with van der Waals surface area (Å²) in [7, 11) is 0. The fraction of sp³-hybridized carbons (Fsp3) is 0.619. The molecule has 0 spiro atoms. The van der Waals surface area contributed by atoms with Crippen LogP contribution in [0, 0.1) is 5.92 Å². The molecule has 1 fully saturated rings. The number of rotatable bonds is 5. The molecule has 5 nitrogen and oxygen atoms in total. The fourth-order valence-electron chi connectivity index (χ4n) is 3.30. The summed E-state index contributed by atoms with van der Waals surface area (Å²) in [5, 5.41) is 2.69. The van der Waals surface area contributed by atoms with Gasteiger partial charge in [0.1, 0.15) is 0 Å². The quantitative estimate of drug-likeness (QED) is 0.803. The van der Waals surface area contributed by atoms with E-state index in [4.69, 9.17) is 5.73 Å². The van der Waals surface area contributed by atoms with Crippen LogP contribution in [0.2, 0.25) is 0 Å². The number of nitrogens with zero attached hydrogens (tertiary/aromatic N) is 1. The first kappa shape index (κ1) is 23.4. The normalized spacial score (nSPS) is 18.2. The minimum Gasteiger partial charge on any atom is -0.346 e. The van der Waals surface area contributed by atoms with Crippen LogP contribution in [-0.4, -0.2) is 35.8 Å². The smallest absolute Gasteiger partial charge is 0.242 e. The summed E-state index contributed by atoms with van der Waals surface area (Å²) in [4.78, 5) is 26.5. The van der Waals surface area contributed by atoms with Crippen LogP contribution in [-0.2, 0) is 15.0 Å². The maximum absolute atomic E-state index is 12.6. The van der Waals surface area contributed by atoms with Gasteiger partial charge in [0.25, 0.3) is 0 Å². The molecule has 0 radical (unpaired) electrons. The van der Waals surface area contributed by atoms with Crippen molar-refractivity contribution < 1.29 is 9.59 Å². The highest BCUT2D eigenvalue weighted by Crippen LogP contribution is 2.33. The van der Waals surface area contributed by atoms with Crippen molar-refractivity contribution >= 4 is 24.2 Å². The number of likely N-dealkylation sites (tertiary alicyclic amines) is 1. The maximum atomic E-state index is 12.6. The van der Waals surface area contributed by atoms with Crippen LogP contribution in [0.25, 0.3) is 0 Å². The SMILES string of the molecule is CC(C)[C@H](N)C(=O)NCC(=O)N1CCCC1c1ccc(C(C)(C)C)cc1.Cl. The summed E-state index contributed by atoms with van der Waals surface area (Å²) in [5.41, 5.74) is 8.39. The van der Waals surface area contributed by atoms with Crippen molar-refractivity contribution in [2.24, 2.45) is 11.7 Å². The van der Waals surface area contributed by atoms with E-state index >= 15 is 0 Å². The second-order valence-corrected chi connectivity index (χ2v) is 8.60. The molecule has 27 heavy (non-hydrogen) atoms. The molecule has 152 valence electrons. The van der Waals surface area contributed by atoms with Gasteiger partial charge in [-0.25, -0.2) is 0 Å². The summed E-state index contributed by atoms with van der Waals surface area (Å²) in [6, 6.07) is 8.07. The molecule has 1 aliphatic heterocycles. The molecule has 1 heterocycles. The van der Waals surface area contributed by atoms with E-state index in [0.29, 0.717) is 0 Å². The van der Waals surface area contributed by atoms with Gasteiger partial charge in [-0.15, -0.1) is 12.4 Å². The minimum atomic E-state index is -0.581. The van der Waals surface area contributed by atoms with E-state index < -0.39 is 6.04 Å². The highest BCUT2D eigenvalue weighted by atomic mass is 35.5. The molecule has 1 saturated heterocycles. The van der Waals surface area contributed by atoms with Gasteiger partial charge in [0.05, 0.1) is 18.6 Å². The largest absolute Gasteiger partial charge is 0.346 e. The van der Waals surface area contributed by atoms with Gasteiger partial charge in [-0.2, -0.15) is 0 Å². The van der Waals surface area contributed by atoms with Crippen LogP contribution in [0.3, 0.4) is 0 Å². The molecule has 3 N–H and O–H groups in total. The second kappa shape index (κ2) is 9.56. The third-order valence-electron chi connectivity index (χ3n) is 5.17. The van der Waals surface area contributed by atoms with E-state index in [-0.39, 0.29) is 48.1 Å². The fourth-order valence-corrected chi connectivity index (χ4v) is 3.30. The zero-order chi connectivity index (χ0) is 19.5. The Labute approximate surface area is 169 Å². The molecule has 2 rings (SSSR count). The van der Waals surface area contributed by atoms with Gasteiger partial charge < -0.3 is 16.0 Å². The Kier molecular flexibility index (Phi) is 8.30. The Morgan fingerprint density at radius 2 is 1.81 bits per heavy atom. The Balaban J connectivity index is 0.00000364. The zero-order valence-electron chi connectivity index (χ0n) is 17.1.